The lowest BCUT2D eigenvalue weighted by Gasteiger charge is -2.11. The molecular formula is C16H20ClN3. The average molecular weight is 290 g/mol. The molecule has 0 aliphatic carbocycles. The fourth-order valence-corrected chi connectivity index (χ4v) is 2.24. The van der Waals surface area contributed by atoms with Crippen molar-refractivity contribution in [1.82, 2.24) is 15.3 Å². The summed E-state index contributed by atoms with van der Waals surface area (Å²) < 4.78 is 0. The van der Waals surface area contributed by atoms with E-state index >= 15 is 0 Å². The minimum absolute atomic E-state index is 0.725. The number of aromatic nitrogens is 2. The second-order valence-electron chi connectivity index (χ2n) is 4.88. The van der Waals surface area contributed by atoms with Crippen LogP contribution in [0.2, 0.25) is 5.02 Å². The Hall–Kier alpha value is -1.45. The molecule has 3 nitrogen and oxygen atoms in total. The van der Waals surface area contributed by atoms with Gasteiger partial charge < -0.3 is 5.32 Å². The number of aryl methyl sites for hydroxylation is 2. The van der Waals surface area contributed by atoms with E-state index in [9.17, 15) is 0 Å². The van der Waals surface area contributed by atoms with E-state index in [4.69, 9.17) is 11.6 Å². The molecule has 0 aliphatic rings. The van der Waals surface area contributed by atoms with Crippen LogP contribution in [0.5, 0.6) is 0 Å². The fraction of sp³-hybridized carbons (Fsp3) is 0.375. The molecule has 0 bridgehead atoms. The van der Waals surface area contributed by atoms with Crippen LogP contribution in [-0.2, 0) is 6.54 Å². The van der Waals surface area contributed by atoms with Gasteiger partial charge in [0.05, 0.1) is 0 Å². The summed E-state index contributed by atoms with van der Waals surface area (Å²) >= 11 is 5.91. The Bertz CT molecular complexity index is 556. The molecule has 1 aromatic carbocycles. The van der Waals surface area contributed by atoms with Gasteiger partial charge in [0, 0.05) is 34.1 Å². The monoisotopic (exact) mass is 289 g/mol. The van der Waals surface area contributed by atoms with E-state index in [1.807, 2.05) is 38.1 Å². The fourth-order valence-electron chi connectivity index (χ4n) is 2.11. The first-order valence-electron chi connectivity index (χ1n) is 6.92. The number of halogens is 1. The van der Waals surface area contributed by atoms with Gasteiger partial charge in [-0.05, 0) is 51.1 Å². The Morgan fingerprint density at radius 1 is 1.05 bits per heavy atom. The van der Waals surface area contributed by atoms with Crippen molar-refractivity contribution >= 4 is 11.6 Å². The number of hydrogen-bond acceptors (Lipinski definition) is 3. The summed E-state index contributed by atoms with van der Waals surface area (Å²) in [6, 6.07) is 7.63. The van der Waals surface area contributed by atoms with Gasteiger partial charge in [0.1, 0.15) is 0 Å². The third kappa shape index (κ3) is 3.56. The van der Waals surface area contributed by atoms with Crippen molar-refractivity contribution in [1.29, 1.82) is 0 Å². The van der Waals surface area contributed by atoms with E-state index in [-0.39, 0.29) is 0 Å². The summed E-state index contributed by atoms with van der Waals surface area (Å²) in [6.45, 7) is 8.07. The summed E-state index contributed by atoms with van der Waals surface area (Å²) in [5, 5.41) is 4.13. The number of nitrogens with zero attached hydrogens (tertiary/aromatic N) is 2. The molecule has 0 fully saturated rings. The summed E-state index contributed by atoms with van der Waals surface area (Å²) in [4.78, 5) is 9.24. The highest BCUT2D eigenvalue weighted by Gasteiger charge is 2.09. The van der Waals surface area contributed by atoms with Gasteiger partial charge in [-0.3, -0.25) is 0 Å². The first-order valence-corrected chi connectivity index (χ1v) is 7.30. The minimum atomic E-state index is 0.725. The molecule has 2 rings (SSSR count). The molecule has 0 amide bonds. The first kappa shape index (κ1) is 14.9. The molecular weight excluding hydrogens is 270 g/mol. The summed E-state index contributed by atoms with van der Waals surface area (Å²) in [6.07, 6.45) is 1.13. The lowest BCUT2D eigenvalue weighted by molar-refractivity contribution is 0.665. The minimum Gasteiger partial charge on any atom is -0.313 e. The van der Waals surface area contributed by atoms with Gasteiger partial charge in [0.25, 0.3) is 0 Å². The highest BCUT2D eigenvalue weighted by atomic mass is 35.5. The molecule has 106 valence electrons. The van der Waals surface area contributed by atoms with Crippen molar-refractivity contribution in [2.24, 2.45) is 0 Å². The van der Waals surface area contributed by atoms with Crippen molar-refractivity contribution in [3.63, 3.8) is 0 Å². The third-order valence-corrected chi connectivity index (χ3v) is 3.50. The molecule has 0 saturated heterocycles. The predicted molar refractivity (Wildman–Crippen MR) is 83.9 cm³/mol. The van der Waals surface area contributed by atoms with Gasteiger partial charge >= 0.3 is 0 Å². The molecule has 1 N–H and O–H groups in total. The molecule has 1 heterocycles. The van der Waals surface area contributed by atoms with Crippen LogP contribution in [-0.4, -0.2) is 16.5 Å². The second kappa shape index (κ2) is 6.82. The maximum Gasteiger partial charge on any atom is 0.159 e. The van der Waals surface area contributed by atoms with Crippen LogP contribution >= 0.6 is 11.6 Å². The third-order valence-electron chi connectivity index (χ3n) is 3.25. The van der Waals surface area contributed by atoms with Crippen LogP contribution in [0, 0.1) is 13.8 Å². The molecule has 0 saturated carbocycles. The summed E-state index contributed by atoms with van der Waals surface area (Å²) in [7, 11) is 0. The Kier molecular flexibility index (Phi) is 5.10. The van der Waals surface area contributed by atoms with Gasteiger partial charge in [0.2, 0.25) is 0 Å². The number of hydrogen-bond donors (Lipinski definition) is 1. The van der Waals surface area contributed by atoms with Gasteiger partial charge in [-0.25, -0.2) is 9.97 Å². The largest absolute Gasteiger partial charge is 0.313 e. The summed E-state index contributed by atoms with van der Waals surface area (Å²) in [5.41, 5.74) is 4.25. The van der Waals surface area contributed by atoms with Gasteiger partial charge in [-0.15, -0.1) is 0 Å². The number of rotatable bonds is 5. The normalized spacial score (nSPS) is 10.8. The van der Waals surface area contributed by atoms with E-state index < -0.39 is 0 Å². The molecule has 2 aromatic rings. The molecule has 1 aromatic heterocycles. The highest BCUT2D eigenvalue weighted by Crippen LogP contribution is 2.20. The van der Waals surface area contributed by atoms with E-state index in [1.165, 1.54) is 5.56 Å². The zero-order valence-electron chi connectivity index (χ0n) is 12.2. The van der Waals surface area contributed by atoms with E-state index in [0.29, 0.717) is 0 Å². The Balaban J connectivity index is 2.27. The molecule has 0 aliphatic heterocycles. The van der Waals surface area contributed by atoms with Crippen LogP contribution in [0.25, 0.3) is 11.4 Å². The Morgan fingerprint density at radius 3 is 2.20 bits per heavy atom. The summed E-state index contributed by atoms with van der Waals surface area (Å²) in [5.74, 6) is 0.760. The van der Waals surface area contributed by atoms with Crippen molar-refractivity contribution in [2.45, 2.75) is 33.7 Å². The zero-order chi connectivity index (χ0) is 14.5. The lowest BCUT2D eigenvalue weighted by Crippen LogP contribution is -2.17. The van der Waals surface area contributed by atoms with Crippen LogP contribution in [0.15, 0.2) is 24.3 Å². The van der Waals surface area contributed by atoms with Gasteiger partial charge in [-0.2, -0.15) is 0 Å². The van der Waals surface area contributed by atoms with Crippen molar-refractivity contribution in [2.75, 3.05) is 6.54 Å². The Labute approximate surface area is 125 Å². The molecule has 0 atom stereocenters. The van der Waals surface area contributed by atoms with Gasteiger partial charge in [-0.1, -0.05) is 18.5 Å². The number of benzene rings is 1. The lowest BCUT2D eigenvalue weighted by atomic mass is 10.1. The molecule has 0 spiro atoms. The van der Waals surface area contributed by atoms with Crippen LogP contribution in [0.4, 0.5) is 0 Å². The standard InChI is InChI=1S/C16H20ClN3/c1-4-9-18-10-15-11(2)19-16(20-12(15)3)13-5-7-14(17)8-6-13/h5-8,18H,4,9-10H2,1-3H3. The topological polar surface area (TPSA) is 37.8 Å². The van der Waals surface area contributed by atoms with Crippen molar-refractivity contribution in [3.05, 3.63) is 46.2 Å². The van der Waals surface area contributed by atoms with Crippen molar-refractivity contribution in [3.8, 4) is 11.4 Å². The SMILES string of the molecule is CCCNCc1c(C)nc(-c2ccc(Cl)cc2)nc1C. The molecule has 0 unspecified atom stereocenters. The van der Waals surface area contributed by atoms with Crippen LogP contribution in [0.3, 0.4) is 0 Å². The predicted octanol–water partition coefficient (Wildman–Crippen LogP) is 3.91. The smallest absolute Gasteiger partial charge is 0.159 e. The molecule has 20 heavy (non-hydrogen) atoms. The molecule has 4 heteroatoms. The zero-order valence-corrected chi connectivity index (χ0v) is 13.0. The van der Waals surface area contributed by atoms with E-state index in [2.05, 4.69) is 22.2 Å². The van der Waals surface area contributed by atoms with Gasteiger partial charge in [0.15, 0.2) is 5.82 Å². The van der Waals surface area contributed by atoms with E-state index in [0.717, 1.165) is 47.3 Å². The maximum atomic E-state index is 5.91. The number of nitrogens with one attached hydrogen (secondary N) is 1. The van der Waals surface area contributed by atoms with Crippen LogP contribution in [0.1, 0.15) is 30.3 Å². The Morgan fingerprint density at radius 2 is 1.65 bits per heavy atom. The second-order valence-corrected chi connectivity index (χ2v) is 5.32. The highest BCUT2D eigenvalue weighted by molar-refractivity contribution is 6.30. The van der Waals surface area contributed by atoms with Crippen molar-refractivity contribution < 1.29 is 0 Å². The maximum absolute atomic E-state index is 5.91. The first-order chi connectivity index (χ1) is 9.61. The van der Waals surface area contributed by atoms with Crippen LogP contribution < -0.4 is 5.32 Å². The molecule has 0 radical (unpaired) electrons. The quantitative estimate of drug-likeness (QED) is 0.848. The van der Waals surface area contributed by atoms with E-state index in [1.54, 1.807) is 0 Å². The average Bonchev–Trinajstić information content (AvgIpc) is 2.42.